The zero-order chi connectivity index (χ0) is 33.4. The first kappa shape index (κ1) is 32.7. The Bertz CT molecular complexity index is 1700. The van der Waals surface area contributed by atoms with Crippen LogP contribution in [0.1, 0.15) is 81.5 Å². The largest absolute Gasteiger partial charge is 0.444 e. The number of ether oxygens (including phenoxy) is 1. The van der Waals surface area contributed by atoms with Crippen LogP contribution in [0.3, 0.4) is 0 Å². The van der Waals surface area contributed by atoms with Crippen molar-refractivity contribution >= 4 is 23.6 Å². The summed E-state index contributed by atoms with van der Waals surface area (Å²) in [6, 6.07) is 3.52. The van der Waals surface area contributed by atoms with Crippen molar-refractivity contribution in [1.29, 1.82) is 0 Å². The second-order valence-electron chi connectivity index (χ2n) is 12.6. The molecule has 0 aromatic carbocycles. The number of carbonyl (C=O) groups excluding carboxylic acids is 2. The second kappa shape index (κ2) is 12.6. The van der Waals surface area contributed by atoms with E-state index in [9.17, 15) is 22.8 Å². The second-order valence-corrected chi connectivity index (χ2v) is 12.6. The molecule has 1 aliphatic heterocycles. The van der Waals surface area contributed by atoms with E-state index in [0.717, 1.165) is 12.5 Å². The van der Waals surface area contributed by atoms with E-state index in [1.54, 1.807) is 55.0 Å². The number of nitrogens with one attached hydrogen (secondary N) is 1. The third-order valence-electron chi connectivity index (χ3n) is 7.96. The van der Waals surface area contributed by atoms with Crippen LogP contribution in [0.2, 0.25) is 0 Å². The average molecular weight is 642 g/mol. The van der Waals surface area contributed by atoms with Crippen molar-refractivity contribution in [2.45, 2.75) is 77.7 Å². The van der Waals surface area contributed by atoms with Gasteiger partial charge in [-0.15, -0.1) is 5.10 Å². The zero-order valence-corrected chi connectivity index (χ0v) is 26.4. The molecular weight excluding hydrogens is 603 g/mol. The molecule has 0 radical (unpaired) electrons. The maximum atomic E-state index is 13.3. The lowest BCUT2D eigenvalue weighted by atomic mass is 9.86. The zero-order valence-electron chi connectivity index (χ0n) is 26.4. The summed E-state index contributed by atoms with van der Waals surface area (Å²) >= 11 is 0. The molecule has 1 fully saturated rings. The highest BCUT2D eigenvalue weighted by molar-refractivity contribution is 6.01. The van der Waals surface area contributed by atoms with Gasteiger partial charge in [0.25, 0.3) is 5.91 Å². The van der Waals surface area contributed by atoms with Gasteiger partial charge in [-0.3, -0.25) is 14.5 Å². The minimum absolute atomic E-state index is 0.0121. The van der Waals surface area contributed by atoms with Crippen molar-refractivity contribution in [3.8, 4) is 11.1 Å². The van der Waals surface area contributed by atoms with E-state index in [0.29, 0.717) is 48.3 Å². The first-order valence-electron chi connectivity index (χ1n) is 15.1. The number of amides is 2. The average Bonchev–Trinajstić information content (AvgIpc) is 3.62. The highest BCUT2D eigenvalue weighted by Crippen LogP contribution is 2.36. The number of anilines is 1. The Balaban J connectivity index is 1.49. The van der Waals surface area contributed by atoms with Gasteiger partial charge >= 0.3 is 12.3 Å². The fourth-order valence-electron chi connectivity index (χ4n) is 5.48. The minimum Gasteiger partial charge on any atom is -0.444 e. The summed E-state index contributed by atoms with van der Waals surface area (Å²) in [7, 11) is 0. The normalized spacial score (nSPS) is 16.0. The summed E-state index contributed by atoms with van der Waals surface area (Å²) in [5.41, 5.74) is 6.63. The molecule has 0 bridgehead atoms. The summed E-state index contributed by atoms with van der Waals surface area (Å²) in [6.45, 7) is 10.1. The Labute approximate surface area is 264 Å². The monoisotopic (exact) mass is 641 g/mol. The number of rotatable bonds is 7. The molecular formula is C31H38F3N9O3. The van der Waals surface area contributed by atoms with Gasteiger partial charge in [0.2, 0.25) is 5.95 Å². The summed E-state index contributed by atoms with van der Waals surface area (Å²) in [4.78, 5) is 35.5. The third-order valence-corrected chi connectivity index (χ3v) is 7.96. The van der Waals surface area contributed by atoms with Crippen LogP contribution in [0.25, 0.3) is 16.8 Å². The Morgan fingerprint density at radius 3 is 2.43 bits per heavy atom. The van der Waals surface area contributed by atoms with Crippen LogP contribution in [0, 0.1) is 5.92 Å². The molecule has 2 atom stereocenters. The molecule has 1 aliphatic rings. The number of piperidine rings is 1. The van der Waals surface area contributed by atoms with Crippen molar-refractivity contribution < 1.29 is 27.5 Å². The Morgan fingerprint density at radius 1 is 1.11 bits per heavy atom. The number of hydrogen-bond donors (Lipinski definition) is 2. The number of hydrogen-bond acceptors (Lipinski definition) is 8. The summed E-state index contributed by atoms with van der Waals surface area (Å²) in [5.74, 6) is -0.399. The van der Waals surface area contributed by atoms with Crippen molar-refractivity contribution in [2.75, 3.05) is 18.8 Å². The molecule has 1 saturated heterocycles. The minimum atomic E-state index is -4.58. The number of nitrogen functional groups attached to an aromatic ring is 1. The predicted molar refractivity (Wildman–Crippen MR) is 164 cm³/mol. The maximum absolute atomic E-state index is 13.3. The lowest BCUT2D eigenvalue weighted by molar-refractivity contribution is -0.141. The number of nitrogens with zero attached hydrogens (tertiary/aromatic N) is 7. The van der Waals surface area contributed by atoms with E-state index in [1.807, 2.05) is 13.8 Å². The number of fused-ring (bicyclic) bond motifs is 1. The van der Waals surface area contributed by atoms with Crippen molar-refractivity contribution in [1.82, 2.24) is 39.6 Å². The van der Waals surface area contributed by atoms with Crippen molar-refractivity contribution in [2.24, 2.45) is 5.92 Å². The summed E-state index contributed by atoms with van der Waals surface area (Å²) in [5, 5.41) is 11.8. The topological polar surface area (TPSA) is 146 Å². The lowest BCUT2D eigenvalue weighted by Crippen LogP contribution is -2.43. The molecule has 1 unspecified atom stereocenters. The van der Waals surface area contributed by atoms with Gasteiger partial charge in [0.05, 0.1) is 17.8 Å². The van der Waals surface area contributed by atoms with E-state index in [-0.39, 0.29) is 29.4 Å². The SMILES string of the molecule is CC[C@H](C)NC(=O)c1cc(-c2cnn(C(c3ccc(C(F)(F)F)nc3)C3CCN(C(=O)OC(C)(C)C)CC3)c2)cn2nc(N)nc12. The first-order valence-corrected chi connectivity index (χ1v) is 15.1. The standard InChI is InChI=1S/C31H38F3N9O3/c1-6-18(2)38-27(44)23-13-21(16-43-26(23)39-28(35)40-43)22-15-37-42(17-22)25(20-7-8-24(36-14-20)31(32,33)34)19-9-11-41(12-10-19)29(45)46-30(3,4)5/h7-8,13-19,25H,6,9-12H2,1-5H3,(H2,35,40)(H,38,44)/t18-,25?/m0/s1. The van der Waals surface area contributed by atoms with E-state index in [4.69, 9.17) is 10.5 Å². The number of pyridine rings is 2. The number of nitrogens with two attached hydrogens (primary N) is 1. The number of carbonyl (C=O) groups is 2. The van der Waals surface area contributed by atoms with E-state index >= 15 is 0 Å². The van der Waals surface area contributed by atoms with Crippen LogP contribution < -0.4 is 11.1 Å². The van der Waals surface area contributed by atoms with Crippen molar-refractivity contribution in [3.05, 3.63) is 59.8 Å². The van der Waals surface area contributed by atoms with Gasteiger partial charge in [0.15, 0.2) is 5.65 Å². The third kappa shape index (κ3) is 7.23. The molecule has 46 heavy (non-hydrogen) atoms. The Hall–Kier alpha value is -4.69. The van der Waals surface area contributed by atoms with Gasteiger partial charge in [-0.25, -0.2) is 9.31 Å². The molecule has 246 valence electrons. The molecule has 5 rings (SSSR count). The van der Waals surface area contributed by atoms with Gasteiger partial charge in [0, 0.05) is 48.8 Å². The number of alkyl halides is 3. The Morgan fingerprint density at radius 2 is 1.83 bits per heavy atom. The number of likely N-dealkylation sites (tertiary alicyclic amines) is 1. The number of halogens is 3. The van der Waals surface area contributed by atoms with Gasteiger partial charge in [0.1, 0.15) is 11.3 Å². The van der Waals surface area contributed by atoms with Crippen molar-refractivity contribution in [3.63, 3.8) is 0 Å². The molecule has 15 heteroatoms. The Kier molecular flexibility index (Phi) is 8.96. The van der Waals surface area contributed by atoms with Crippen LogP contribution in [-0.4, -0.2) is 71.0 Å². The fraction of sp³-hybridized carbons (Fsp3) is 0.484. The summed E-state index contributed by atoms with van der Waals surface area (Å²) < 4.78 is 48.7. The van der Waals surface area contributed by atoms with Gasteiger partial charge in [-0.05, 0) is 70.6 Å². The molecule has 12 nitrogen and oxygen atoms in total. The highest BCUT2D eigenvalue weighted by atomic mass is 19.4. The van der Waals surface area contributed by atoms with E-state index in [1.165, 1.54) is 16.8 Å². The summed E-state index contributed by atoms with van der Waals surface area (Å²) in [6.07, 6.45) is 3.20. The molecule has 2 amide bonds. The molecule has 0 spiro atoms. The molecule has 5 heterocycles. The van der Waals surface area contributed by atoms with Crippen LogP contribution in [0.4, 0.5) is 23.9 Å². The maximum Gasteiger partial charge on any atom is 0.433 e. The van der Waals surface area contributed by atoms with Crippen LogP contribution in [0.5, 0.6) is 0 Å². The highest BCUT2D eigenvalue weighted by Gasteiger charge is 2.35. The van der Waals surface area contributed by atoms with Gasteiger partial charge in [-0.1, -0.05) is 13.0 Å². The van der Waals surface area contributed by atoms with Gasteiger partial charge < -0.3 is 20.7 Å². The van der Waals surface area contributed by atoms with Crippen LogP contribution >= 0.6 is 0 Å². The molecule has 4 aromatic heterocycles. The molecule has 0 saturated carbocycles. The number of aromatic nitrogens is 6. The van der Waals surface area contributed by atoms with Gasteiger partial charge in [-0.2, -0.15) is 23.3 Å². The smallest absolute Gasteiger partial charge is 0.433 e. The molecule has 4 aromatic rings. The van der Waals surface area contributed by atoms with E-state index in [2.05, 4.69) is 25.5 Å². The van der Waals surface area contributed by atoms with E-state index < -0.39 is 29.6 Å². The lowest BCUT2D eigenvalue weighted by Gasteiger charge is -2.37. The quantitative estimate of drug-likeness (QED) is 0.275. The molecule has 0 aliphatic carbocycles. The van der Waals surface area contributed by atoms with Crippen LogP contribution in [0.15, 0.2) is 43.0 Å². The fourth-order valence-corrected chi connectivity index (χ4v) is 5.48. The molecule has 3 N–H and O–H groups in total. The predicted octanol–water partition coefficient (Wildman–Crippen LogP) is 5.35. The van der Waals surface area contributed by atoms with Crippen LogP contribution in [-0.2, 0) is 10.9 Å². The first-order chi connectivity index (χ1) is 21.6.